The molecular formula is C22H21FN6O2. The third-order valence-electron chi connectivity index (χ3n) is 5.23. The quantitative estimate of drug-likeness (QED) is 0.495. The number of aliphatic hydroxyl groups is 1. The second-order valence-corrected chi connectivity index (χ2v) is 7.55. The first kappa shape index (κ1) is 20.5. The van der Waals surface area contributed by atoms with E-state index in [0.29, 0.717) is 18.5 Å². The predicted molar refractivity (Wildman–Crippen MR) is 112 cm³/mol. The van der Waals surface area contributed by atoms with Gasteiger partial charge < -0.3 is 10.8 Å². The van der Waals surface area contributed by atoms with Crippen LogP contribution in [0.4, 0.5) is 4.39 Å². The van der Waals surface area contributed by atoms with Crippen molar-refractivity contribution in [3.05, 3.63) is 71.4 Å². The van der Waals surface area contributed by atoms with E-state index in [0.717, 1.165) is 22.1 Å². The second kappa shape index (κ2) is 7.84. The lowest BCUT2D eigenvalue weighted by atomic mass is 9.99. The van der Waals surface area contributed by atoms with Gasteiger partial charge in [-0.25, -0.2) is 9.37 Å². The molecule has 158 valence electrons. The van der Waals surface area contributed by atoms with Crippen molar-refractivity contribution in [3.63, 3.8) is 0 Å². The van der Waals surface area contributed by atoms with E-state index in [9.17, 15) is 14.3 Å². The molecule has 8 nitrogen and oxygen atoms in total. The molecule has 0 fully saturated rings. The van der Waals surface area contributed by atoms with Crippen molar-refractivity contribution in [1.82, 2.24) is 25.2 Å². The van der Waals surface area contributed by atoms with Crippen molar-refractivity contribution >= 4 is 16.8 Å². The van der Waals surface area contributed by atoms with Crippen LogP contribution in [0.25, 0.3) is 22.0 Å². The van der Waals surface area contributed by atoms with Gasteiger partial charge in [-0.2, -0.15) is 4.80 Å². The number of hydrogen-bond donors (Lipinski definition) is 2. The van der Waals surface area contributed by atoms with E-state index in [1.54, 1.807) is 25.1 Å². The van der Waals surface area contributed by atoms with Crippen LogP contribution >= 0.6 is 0 Å². The SMILES string of the molecule is CCC(C)(O)c1nnn(Cc2ccc3c(-c4ccc(F)cc4)cc(C(N)=O)nc3c2)n1. The van der Waals surface area contributed by atoms with Crippen molar-refractivity contribution in [1.29, 1.82) is 0 Å². The highest BCUT2D eigenvalue weighted by atomic mass is 19.1. The number of tetrazole rings is 1. The molecular weight excluding hydrogens is 399 g/mol. The summed E-state index contributed by atoms with van der Waals surface area (Å²) in [5.74, 6) is -0.746. The van der Waals surface area contributed by atoms with Crippen LogP contribution in [0.5, 0.6) is 0 Å². The number of rotatable bonds is 6. The van der Waals surface area contributed by atoms with Crippen LogP contribution < -0.4 is 5.73 Å². The standard InChI is InChI=1S/C22H21FN6O2/c1-3-22(2,31)21-26-28-29(27-21)12-13-4-9-16-17(14-5-7-15(23)8-6-14)11-19(20(24)30)25-18(16)10-13/h4-11,31H,3,12H2,1-2H3,(H2,24,30). The van der Waals surface area contributed by atoms with Crippen molar-refractivity contribution < 1.29 is 14.3 Å². The van der Waals surface area contributed by atoms with Gasteiger partial charge in [-0.05, 0) is 59.5 Å². The zero-order valence-corrected chi connectivity index (χ0v) is 17.1. The Morgan fingerprint density at radius 3 is 2.61 bits per heavy atom. The number of amides is 1. The lowest BCUT2D eigenvalue weighted by Gasteiger charge is -2.15. The number of carbonyl (C=O) groups excluding carboxylic acids is 1. The summed E-state index contributed by atoms with van der Waals surface area (Å²) < 4.78 is 13.4. The lowest BCUT2D eigenvalue weighted by Crippen LogP contribution is -2.22. The van der Waals surface area contributed by atoms with Crippen LogP contribution in [0.15, 0.2) is 48.5 Å². The molecule has 2 aromatic heterocycles. The summed E-state index contributed by atoms with van der Waals surface area (Å²) in [5.41, 5.74) is 7.30. The molecule has 0 radical (unpaired) electrons. The van der Waals surface area contributed by atoms with Gasteiger partial charge in [0.05, 0.1) is 12.1 Å². The highest BCUT2D eigenvalue weighted by Crippen LogP contribution is 2.30. The predicted octanol–water partition coefficient (Wildman–Crippen LogP) is 2.79. The summed E-state index contributed by atoms with van der Waals surface area (Å²) in [5, 5.41) is 23.3. The maximum absolute atomic E-state index is 13.4. The Morgan fingerprint density at radius 2 is 1.94 bits per heavy atom. The maximum Gasteiger partial charge on any atom is 0.267 e. The summed E-state index contributed by atoms with van der Waals surface area (Å²) in [6.07, 6.45) is 0.459. The number of halogens is 1. The molecule has 1 amide bonds. The van der Waals surface area contributed by atoms with Gasteiger partial charge in [0.2, 0.25) is 5.82 Å². The van der Waals surface area contributed by atoms with E-state index in [1.807, 2.05) is 25.1 Å². The van der Waals surface area contributed by atoms with Gasteiger partial charge in [0, 0.05) is 5.39 Å². The van der Waals surface area contributed by atoms with E-state index < -0.39 is 11.5 Å². The Balaban J connectivity index is 1.75. The zero-order chi connectivity index (χ0) is 22.2. The molecule has 4 rings (SSSR count). The van der Waals surface area contributed by atoms with E-state index in [4.69, 9.17) is 5.73 Å². The summed E-state index contributed by atoms with van der Waals surface area (Å²) >= 11 is 0. The van der Waals surface area contributed by atoms with Gasteiger partial charge in [-0.3, -0.25) is 4.79 Å². The average Bonchev–Trinajstić information content (AvgIpc) is 3.22. The smallest absolute Gasteiger partial charge is 0.267 e. The fourth-order valence-electron chi connectivity index (χ4n) is 3.21. The van der Waals surface area contributed by atoms with Crippen molar-refractivity contribution in [2.24, 2.45) is 5.73 Å². The minimum absolute atomic E-state index is 0.115. The number of nitrogens with zero attached hydrogens (tertiary/aromatic N) is 5. The van der Waals surface area contributed by atoms with Crippen LogP contribution in [-0.4, -0.2) is 36.2 Å². The van der Waals surface area contributed by atoms with Gasteiger partial charge >= 0.3 is 0 Å². The number of carbonyl (C=O) groups is 1. The monoisotopic (exact) mass is 420 g/mol. The summed E-state index contributed by atoms with van der Waals surface area (Å²) in [7, 11) is 0. The number of fused-ring (bicyclic) bond motifs is 1. The van der Waals surface area contributed by atoms with Gasteiger partial charge in [-0.15, -0.1) is 10.2 Å². The molecule has 0 bridgehead atoms. The van der Waals surface area contributed by atoms with E-state index >= 15 is 0 Å². The molecule has 9 heteroatoms. The molecule has 2 aromatic carbocycles. The van der Waals surface area contributed by atoms with Crippen LogP contribution in [0.3, 0.4) is 0 Å². The van der Waals surface area contributed by atoms with Crippen molar-refractivity contribution in [3.8, 4) is 11.1 Å². The number of pyridine rings is 1. The van der Waals surface area contributed by atoms with Crippen LogP contribution in [-0.2, 0) is 12.1 Å². The highest BCUT2D eigenvalue weighted by Gasteiger charge is 2.26. The fourth-order valence-corrected chi connectivity index (χ4v) is 3.21. The molecule has 1 unspecified atom stereocenters. The largest absolute Gasteiger partial charge is 0.382 e. The van der Waals surface area contributed by atoms with Crippen molar-refractivity contribution in [2.75, 3.05) is 0 Å². The molecule has 2 heterocycles. The molecule has 0 aliphatic carbocycles. The summed E-state index contributed by atoms with van der Waals surface area (Å²) in [4.78, 5) is 17.6. The van der Waals surface area contributed by atoms with E-state index in [2.05, 4.69) is 20.4 Å². The maximum atomic E-state index is 13.4. The van der Waals surface area contributed by atoms with Gasteiger partial charge in [-0.1, -0.05) is 31.2 Å². The Bertz CT molecular complexity index is 1270. The number of benzene rings is 2. The van der Waals surface area contributed by atoms with Crippen LogP contribution in [0.2, 0.25) is 0 Å². The number of hydrogen-bond acceptors (Lipinski definition) is 6. The van der Waals surface area contributed by atoms with Crippen molar-refractivity contribution in [2.45, 2.75) is 32.4 Å². The zero-order valence-electron chi connectivity index (χ0n) is 17.1. The topological polar surface area (TPSA) is 120 Å². The first-order valence-corrected chi connectivity index (χ1v) is 9.77. The van der Waals surface area contributed by atoms with Crippen LogP contribution in [0, 0.1) is 5.82 Å². The molecule has 0 aliphatic rings. The highest BCUT2D eigenvalue weighted by molar-refractivity contribution is 6.00. The minimum Gasteiger partial charge on any atom is -0.382 e. The number of primary amides is 1. The lowest BCUT2D eigenvalue weighted by molar-refractivity contribution is 0.0433. The Kier molecular flexibility index (Phi) is 5.20. The second-order valence-electron chi connectivity index (χ2n) is 7.55. The first-order chi connectivity index (χ1) is 14.8. The van der Waals surface area contributed by atoms with E-state index in [-0.39, 0.29) is 17.3 Å². The Labute approximate surface area is 177 Å². The number of aromatic nitrogens is 5. The van der Waals surface area contributed by atoms with E-state index in [1.165, 1.54) is 16.9 Å². The molecule has 3 N–H and O–H groups in total. The molecule has 0 saturated heterocycles. The Hall–Kier alpha value is -3.72. The Morgan fingerprint density at radius 1 is 1.19 bits per heavy atom. The third kappa shape index (κ3) is 4.13. The summed E-state index contributed by atoms with van der Waals surface area (Å²) in [6, 6.07) is 13.2. The van der Waals surface area contributed by atoms with Crippen LogP contribution in [0.1, 0.15) is 42.1 Å². The normalized spacial score (nSPS) is 13.3. The molecule has 31 heavy (non-hydrogen) atoms. The van der Waals surface area contributed by atoms with Gasteiger partial charge in [0.1, 0.15) is 17.1 Å². The third-order valence-corrected chi connectivity index (χ3v) is 5.23. The molecule has 0 spiro atoms. The van der Waals surface area contributed by atoms with Gasteiger partial charge in [0.25, 0.3) is 5.91 Å². The average molecular weight is 420 g/mol. The molecule has 0 saturated carbocycles. The molecule has 4 aromatic rings. The summed E-state index contributed by atoms with van der Waals surface area (Å²) in [6.45, 7) is 3.78. The fraction of sp³-hybridized carbons (Fsp3) is 0.227. The number of nitrogens with two attached hydrogens (primary N) is 1. The van der Waals surface area contributed by atoms with Gasteiger partial charge in [0.15, 0.2) is 0 Å². The minimum atomic E-state index is -1.15. The molecule has 1 atom stereocenters. The molecule has 0 aliphatic heterocycles. The first-order valence-electron chi connectivity index (χ1n) is 9.77.